The molecule has 1 aromatic heterocycles. The number of para-hydroxylation sites is 1. The first-order chi connectivity index (χ1) is 17.3. The summed E-state index contributed by atoms with van der Waals surface area (Å²) in [7, 11) is 0. The van der Waals surface area contributed by atoms with Crippen LogP contribution in [0.15, 0.2) is 29.1 Å². The number of nitrogens with zero attached hydrogens (tertiary/aromatic N) is 2. The maximum absolute atomic E-state index is 13.6. The smallest absolute Gasteiger partial charge is 0.267 e. The van der Waals surface area contributed by atoms with E-state index in [4.69, 9.17) is 4.74 Å². The molecule has 3 atom stereocenters. The van der Waals surface area contributed by atoms with E-state index in [0.29, 0.717) is 28.9 Å². The number of benzene rings is 1. The molecule has 1 aromatic carbocycles. The van der Waals surface area contributed by atoms with Crippen LogP contribution in [0.5, 0.6) is 5.75 Å². The fraction of sp³-hybridized carbons (Fsp3) is 0.655. The van der Waals surface area contributed by atoms with Crippen molar-refractivity contribution in [3.05, 3.63) is 40.2 Å². The molecule has 36 heavy (non-hydrogen) atoms. The summed E-state index contributed by atoms with van der Waals surface area (Å²) < 4.78 is 8.11. The molecule has 6 rings (SSSR count). The van der Waals surface area contributed by atoms with Crippen LogP contribution in [0.2, 0.25) is 0 Å². The molecule has 3 unspecified atom stereocenters. The quantitative estimate of drug-likeness (QED) is 0.481. The first kappa shape index (κ1) is 25.3. The Bertz CT molecular complexity index is 1170. The summed E-state index contributed by atoms with van der Waals surface area (Å²) in [5.41, 5.74) is 0.0189. The third kappa shape index (κ3) is 4.24. The Hall–Kier alpha value is -2.38. The number of carbonyl (C=O) groups is 1. The van der Waals surface area contributed by atoms with Gasteiger partial charge in [0.05, 0.1) is 17.3 Å². The van der Waals surface area contributed by atoms with Crippen molar-refractivity contribution in [2.75, 3.05) is 6.61 Å². The second kappa shape index (κ2) is 9.82. The maximum Gasteiger partial charge on any atom is 0.267 e. The van der Waals surface area contributed by atoms with E-state index >= 15 is 0 Å². The van der Waals surface area contributed by atoms with Crippen molar-refractivity contribution in [2.45, 2.75) is 109 Å². The number of amides is 1. The summed E-state index contributed by atoms with van der Waals surface area (Å²) in [6.07, 6.45) is 8.27. The molecule has 7 nitrogen and oxygen atoms in total. The third-order valence-corrected chi connectivity index (χ3v) is 8.71. The van der Waals surface area contributed by atoms with Gasteiger partial charge in [0, 0.05) is 30.1 Å². The minimum atomic E-state index is -0.493. The fourth-order valence-corrected chi connectivity index (χ4v) is 7.38. The standard InChI is InChI=1S/C29H41N3O4/c1-5-7-12-36-29-15-19-13-20(16-29)32(21(14-19)17-29)24(6-2)30-27(34)25-26(33)22-10-8-9-11-23(22)31(18(3)4)28(25)35/h8-11,18-21,24,33H,5-7,12-17H2,1-4H3,(H,30,34). The van der Waals surface area contributed by atoms with Crippen molar-refractivity contribution >= 4 is 16.8 Å². The van der Waals surface area contributed by atoms with Crippen molar-refractivity contribution < 1.29 is 14.6 Å². The van der Waals surface area contributed by atoms with E-state index in [-0.39, 0.29) is 29.1 Å². The number of aromatic nitrogens is 1. The van der Waals surface area contributed by atoms with Gasteiger partial charge in [0.15, 0.2) is 0 Å². The van der Waals surface area contributed by atoms with Crippen LogP contribution in [0.1, 0.15) is 95.5 Å². The van der Waals surface area contributed by atoms with Gasteiger partial charge in [-0.05, 0) is 76.8 Å². The number of rotatable bonds is 9. The molecule has 2 N–H and O–H groups in total. The molecule has 0 spiro atoms. The Morgan fingerprint density at radius 3 is 2.50 bits per heavy atom. The van der Waals surface area contributed by atoms with Gasteiger partial charge in [-0.1, -0.05) is 32.4 Å². The largest absolute Gasteiger partial charge is 0.506 e. The number of ether oxygens (including phenoxy) is 1. The molecule has 4 bridgehead atoms. The Morgan fingerprint density at radius 1 is 1.17 bits per heavy atom. The van der Waals surface area contributed by atoms with Crippen molar-refractivity contribution in [3.8, 4) is 5.75 Å². The number of fused-ring (bicyclic) bond motifs is 1. The van der Waals surface area contributed by atoms with Crippen LogP contribution >= 0.6 is 0 Å². The number of pyridine rings is 1. The van der Waals surface area contributed by atoms with Crippen LogP contribution in [-0.4, -0.2) is 50.9 Å². The van der Waals surface area contributed by atoms with Gasteiger partial charge in [-0.25, -0.2) is 0 Å². The number of aromatic hydroxyl groups is 1. The Balaban J connectivity index is 1.41. The van der Waals surface area contributed by atoms with Gasteiger partial charge in [0.1, 0.15) is 11.3 Å². The number of piperidine rings is 2. The molecule has 2 aromatic rings. The average molecular weight is 496 g/mol. The third-order valence-electron chi connectivity index (χ3n) is 8.71. The fourth-order valence-electron chi connectivity index (χ4n) is 7.38. The molecule has 2 aliphatic carbocycles. The van der Waals surface area contributed by atoms with Crippen LogP contribution < -0.4 is 10.9 Å². The lowest BCUT2D eigenvalue weighted by molar-refractivity contribution is -0.196. The molecular weight excluding hydrogens is 454 g/mol. The number of carbonyl (C=O) groups excluding carboxylic acids is 1. The zero-order chi connectivity index (χ0) is 25.6. The number of hydrogen-bond donors (Lipinski definition) is 2. The van der Waals surface area contributed by atoms with Gasteiger partial charge < -0.3 is 19.7 Å². The molecule has 4 aliphatic rings. The lowest BCUT2D eigenvalue weighted by Gasteiger charge is -2.62. The average Bonchev–Trinajstić information content (AvgIpc) is 2.82. The highest BCUT2D eigenvalue weighted by Crippen LogP contribution is 2.53. The summed E-state index contributed by atoms with van der Waals surface area (Å²) in [6, 6.07) is 7.83. The summed E-state index contributed by atoms with van der Waals surface area (Å²) in [5.74, 6) is -0.0354. The highest BCUT2D eigenvalue weighted by Gasteiger charge is 2.56. The van der Waals surface area contributed by atoms with Gasteiger partial charge in [-0.3, -0.25) is 14.5 Å². The topological polar surface area (TPSA) is 83.8 Å². The zero-order valence-corrected chi connectivity index (χ0v) is 22.1. The summed E-state index contributed by atoms with van der Waals surface area (Å²) >= 11 is 0. The number of hydrogen-bond acceptors (Lipinski definition) is 5. The van der Waals surface area contributed by atoms with Crippen LogP contribution in [0, 0.1) is 5.92 Å². The molecule has 2 aliphatic heterocycles. The molecule has 3 heterocycles. The first-order valence-corrected chi connectivity index (χ1v) is 13.9. The van der Waals surface area contributed by atoms with Crippen molar-refractivity contribution in [1.29, 1.82) is 0 Å². The van der Waals surface area contributed by atoms with E-state index in [0.717, 1.165) is 51.6 Å². The minimum absolute atomic E-state index is 0.00786. The Labute approximate surface area is 213 Å². The molecule has 196 valence electrons. The number of nitrogens with one attached hydrogen (secondary N) is 1. The molecule has 1 amide bonds. The zero-order valence-electron chi connectivity index (χ0n) is 22.1. The van der Waals surface area contributed by atoms with Crippen molar-refractivity contribution in [3.63, 3.8) is 0 Å². The maximum atomic E-state index is 13.6. The van der Waals surface area contributed by atoms with E-state index in [1.165, 1.54) is 6.42 Å². The lowest BCUT2D eigenvalue weighted by Crippen LogP contribution is -2.69. The predicted octanol–water partition coefficient (Wildman–Crippen LogP) is 4.96. The van der Waals surface area contributed by atoms with Gasteiger partial charge >= 0.3 is 0 Å². The van der Waals surface area contributed by atoms with Crippen molar-refractivity contribution in [2.24, 2.45) is 5.92 Å². The van der Waals surface area contributed by atoms with Crippen LogP contribution in [0.25, 0.3) is 10.9 Å². The Kier molecular flexibility index (Phi) is 6.90. The van der Waals surface area contributed by atoms with Gasteiger partial charge in [0.2, 0.25) is 0 Å². The molecule has 4 fully saturated rings. The second-order valence-corrected chi connectivity index (χ2v) is 11.5. The van der Waals surface area contributed by atoms with Gasteiger partial charge in [-0.15, -0.1) is 0 Å². The van der Waals surface area contributed by atoms with E-state index in [1.807, 2.05) is 32.0 Å². The van der Waals surface area contributed by atoms with Gasteiger partial charge in [0.25, 0.3) is 11.5 Å². The molecule has 0 radical (unpaired) electrons. The predicted molar refractivity (Wildman–Crippen MR) is 141 cm³/mol. The molecule has 7 heteroatoms. The Morgan fingerprint density at radius 2 is 1.86 bits per heavy atom. The molecule has 2 saturated heterocycles. The van der Waals surface area contributed by atoms with Gasteiger partial charge in [-0.2, -0.15) is 0 Å². The van der Waals surface area contributed by atoms with Crippen LogP contribution in [-0.2, 0) is 4.74 Å². The highest BCUT2D eigenvalue weighted by molar-refractivity contribution is 6.02. The normalized spacial score (nSPS) is 28.2. The summed E-state index contributed by atoms with van der Waals surface area (Å²) in [6.45, 7) is 8.94. The highest BCUT2D eigenvalue weighted by atomic mass is 16.5. The van der Waals surface area contributed by atoms with Crippen LogP contribution in [0.4, 0.5) is 0 Å². The lowest BCUT2D eigenvalue weighted by atomic mass is 9.60. The summed E-state index contributed by atoms with van der Waals surface area (Å²) in [5, 5.41) is 14.7. The molecular formula is C29H41N3O4. The minimum Gasteiger partial charge on any atom is -0.506 e. The van der Waals surface area contributed by atoms with Crippen molar-refractivity contribution in [1.82, 2.24) is 14.8 Å². The summed E-state index contributed by atoms with van der Waals surface area (Å²) in [4.78, 5) is 29.6. The van der Waals surface area contributed by atoms with E-state index in [1.54, 1.807) is 10.6 Å². The van der Waals surface area contributed by atoms with Crippen LogP contribution in [0.3, 0.4) is 0 Å². The second-order valence-electron chi connectivity index (χ2n) is 11.5. The monoisotopic (exact) mass is 495 g/mol. The number of unbranched alkanes of at least 4 members (excludes halogenated alkanes) is 1. The van der Waals surface area contributed by atoms with E-state index in [2.05, 4.69) is 24.1 Å². The molecule has 2 saturated carbocycles. The SMILES string of the molecule is CCCCOC12CC3CC(C1)N(C(CC)NC(=O)c1c(O)c4ccccc4n(C(C)C)c1=O)C(C3)C2. The first-order valence-electron chi connectivity index (χ1n) is 13.9. The van der Waals surface area contributed by atoms with E-state index < -0.39 is 11.5 Å². The van der Waals surface area contributed by atoms with E-state index in [9.17, 15) is 14.7 Å².